The number of amides is 1. The van der Waals surface area contributed by atoms with Gasteiger partial charge in [0.2, 0.25) is 5.91 Å². The van der Waals surface area contributed by atoms with Crippen molar-refractivity contribution in [1.29, 1.82) is 0 Å². The van der Waals surface area contributed by atoms with Crippen molar-refractivity contribution in [3.8, 4) is 11.3 Å². The molecule has 1 amide bonds. The van der Waals surface area contributed by atoms with Crippen LogP contribution in [0, 0.1) is 5.82 Å². The quantitative estimate of drug-likeness (QED) is 0.727. The normalized spacial score (nSPS) is 14.1. The molecule has 1 aromatic carbocycles. The lowest BCUT2D eigenvalue weighted by Crippen LogP contribution is -2.25. The number of hydrogen-bond donors (Lipinski definition) is 1. The van der Waals surface area contributed by atoms with Crippen molar-refractivity contribution in [3.63, 3.8) is 0 Å². The number of rotatable bonds is 5. The summed E-state index contributed by atoms with van der Waals surface area (Å²) in [5, 5.41) is 3.52. The lowest BCUT2D eigenvalue weighted by molar-refractivity contribution is -0.116. The van der Waals surface area contributed by atoms with Crippen molar-refractivity contribution >= 4 is 22.4 Å². The molecule has 0 saturated carbocycles. The molecule has 0 atom stereocenters. The Morgan fingerprint density at radius 3 is 3.00 bits per heavy atom. The maximum Gasteiger partial charge on any atom is 0.226 e. The number of anilines is 1. The molecule has 3 heterocycles. The summed E-state index contributed by atoms with van der Waals surface area (Å²) >= 11 is 1.54. The summed E-state index contributed by atoms with van der Waals surface area (Å²) < 4.78 is 18.6. The van der Waals surface area contributed by atoms with Gasteiger partial charge in [-0.25, -0.2) is 14.4 Å². The minimum atomic E-state index is -0.300. The number of carbonyl (C=O) groups excluding carboxylic acids is 1. The molecular weight excluding hydrogens is 367 g/mol. The number of hydrogen-bond acceptors (Lipinski definition) is 6. The first kappa shape index (κ1) is 17.8. The van der Waals surface area contributed by atoms with E-state index < -0.39 is 0 Å². The van der Waals surface area contributed by atoms with E-state index in [2.05, 4.69) is 27.2 Å². The highest BCUT2D eigenvalue weighted by Gasteiger charge is 2.19. The molecule has 27 heavy (non-hydrogen) atoms. The molecule has 0 fully saturated rings. The Morgan fingerprint density at radius 1 is 1.37 bits per heavy atom. The van der Waals surface area contributed by atoms with Crippen LogP contribution < -0.4 is 5.32 Å². The third kappa shape index (κ3) is 4.23. The van der Waals surface area contributed by atoms with Gasteiger partial charge in [0, 0.05) is 42.8 Å². The molecule has 140 valence electrons. The predicted octanol–water partition coefficient (Wildman–Crippen LogP) is 3.50. The van der Waals surface area contributed by atoms with Crippen LogP contribution in [-0.2, 0) is 24.2 Å². The third-order valence-corrected chi connectivity index (χ3v) is 5.41. The second-order valence-corrected chi connectivity index (χ2v) is 7.63. The molecule has 4 rings (SSSR count). The number of halogens is 1. The number of aromatic nitrogens is 2. The molecule has 0 spiro atoms. The largest absolute Gasteiger partial charge is 0.441 e. The molecule has 0 radical (unpaired) electrons. The molecule has 1 N–H and O–H groups in total. The van der Waals surface area contributed by atoms with Crippen LogP contribution in [0.3, 0.4) is 0 Å². The van der Waals surface area contributed by atoms with Gasteiger partial charge in [-0.15, -0.1) is 11.3 Å². The molecule has 1 aliphatic heterocycles. The van der Waals surface area contributed by atoms with Gasteiger partial charge in [-0.2, -0.15) is 0 Å². The molecule has 0 unspecified atom stereocenters. The van der Waals surface area contributed by atoms with Gasteiger partial charge >= 0.3 is 0 Å². The van der Waals surface area contributed by atoms with Gasteiger partial charge in [-0.05, 0) is 31.3 Å². The second-order valence-electron chi connectivity index (χ2n) is 6.55. The Bertz CT molecular complexity index is 951. The van der Waals surface area contributed by atoms with Crippen LogP contribution in [-0.4, -0.2) is 34.4 Å². The first-order chi connectivity index (χ1) is 13.1. The standard InChI is InChI=1S/C19H19FN4O2S/c1-24-9-8-14-16(11-24)27-19(22-14)23-17(25)6-7-18-21-10-15(26-18)12-2-4-13(20)5-3-12/h2-5,10H,6-9,11H2,1H3,(H,22,23,25). The zero-order valence-electron chi connectivity index (χ0n) is 14.9. The molecule has 8 heteroatoms. The van der Waals surface area contributed by atoms with E-state index in [-0.39, 0.29) is 18.1 Å². The fourth-order valence-corrected chi connectivity index (χ4v) is 4.06. The summed E-state index contributed by atoms with van der Waals surface area (Å²) in [6.07, 6.45) is 3.15. The van der Waals surface area contributed by atoms with Gasteiger partial charge < -0.3 is 14.6 Å². The van der Waals surface area contributed by atoms with E-state index in [4.69, 9.17) is 4.42 Å². The van der Waals surface area contributed by atoms with E-state index in [1.807, 2.05) is 0 Å². The van der Waals surface area contributed by atoms with E-state index in [0.717, 1.165) is 30.8 Å². The number of aryl methyl sites for hydroxylation is 1. The highest BCUT2D eigenvalue weighted by Crippen LogP contribution is 2.28. The zero-order valence-corrected chi connectivity index (χ0v) is 15.7. The van der Waals surface area contributed by atoms with Crippen LogP contribution in [0.1, 0.15) is 22.9 Å². The number of likely N-dealkylation sites (N-methyl/N-ethyl adjacent to an activating group) is 1. The van der Waals surface area contributed by atoms with Gasteiger partial charge in [0.05, 0.1) is 11.9 Å². The van der Waals surface area contributed by atoms with Crippen LogP contribution >= 0.6 is 11.3 Å². The Balaban J connectivity index is 1.33. The summed E-state index contributed by atoms with van der Waals surface area (Å²) in [5.74, 6) is 0.619. The van der Waals surface area contributed by atoms with E-state index in [1.165, 1.54) is 28.3 Å². The second kappa shape index (κ2) is 7.58. The Hall–Kier alpha value is -2.58. The SMILES string of the molecule is CN1CCc2nc(NC(=O)CCc3ncc(-c4ccc(F)cc4)o3)sc2C1. The molecule has 3 aromatic rings. The van der Waals surface area contributed by atoms with Crippen LogP contribution in [0.2, 0.25) is 0 Å². The molecule has 0 aliphatic carbocycles. The van der Waals surface area contributed by atoms with Crippen molar-refractivity contribution in [2.45, 2.75) is 25.8 Å². The van der Waals surface area contributed by atoms with Crippen molar-refractivity contribution in [3.05, 3.63) is 52.7 Å². The number of carbonyl (C=O) groups is 1. The highest BCUT2D eigenvalue weighted by molar-refractivity contribution is 7.15. The van der Waals surface area contributed by atoms with Gasteiger partial charge in [0.15, 0.2) is 16.8 Å². The smallest absolute Gasteiger partial charge is 0.226 e. The molecule has 0 bridgehead atoms. The lowest BCUT2D eigenvalue weighted by atomic mass is 10.2. The van der Waals surface area contributed by atoms with E-state index >= 15 is 0 Å². The van der Waals surface area contributed by atoms with Gasteiger partial charge in [0.1, 0.15) is 5.82 Å². The molecule has 1 aliphatic rings. The fourth-order valence-electron chi connectivity index (χ4n) is 2.95. The maximum absolute atomic E-state index is 13.0. The van der Waals surface area contributed by atoms with Crippen molar-refractivity contribution in [1.82, 2.24) is 14.9 Å². The van der Waals surface area contributed by atoms with Crippen LogP contribution in [0.4, 0.5) is 9.52 Å². The Kier molecular flexibility index (Phi) is 5.00. The highest BCUT2D eigenvalue weighted by atomic mass is 32.1. The monoisotopic (exact) mass is 386 g/mol. The van der Waals surface area contributed by atoms with E-state index in [1.54, 1.807) is 18.3 Å². The Labute approximate surface area is 160 Å². The average Bonchev–Trinajstić information content (AvgIpc) is 3.26. The summed E-state index contributed by atoms with van der Waals surface area (Å²) in [6, 6.07) is 6.01. The number of nitrogens with zero attached hydrogens (tertiary/aromatic N) is 3. The fraction of sp³-hybridized carbons (Fsp3) is 0.316. The average molecular weight is 386 g/mol. The molecule has 2 aromatic heterocycles. The first-order valence-electron chi connectivity index (χ1n) is 8.74. The minimum Gasteiger partial charge on any atom is -0.441 e. The summed E-state index contributed by atoms with van der Waals surface area (Å²) in [7, 11) is 2.08. The van der Waals surface area contributed by atoms with E-state index in [9.17, 15) is 9.18 Å². The number of fused-ring (bicyclic) bond motifs is 1. The van der Waals surface area contributed by atoms with Crippen LogP contribution in [0.5, 0.6) is 0 Å². The van der Waals surface area contributed by atoms with Crippen LogP contribution in [0.15, 0.2) is 34.9 Å². The van der Waals surface area contributed by atoms with Gasteiger partial charge in [-0.3, -0.25) is 4.79 Å². The van der Waals surface area contributed by atoms with Crippen LogP contribution in [0.25, 0.3) is 11.3 Å². The molecule has 6 nitrogen and oxygen atoms in total. The van der Waals surface area contributed by atoms with Crippen molar-refractivity contribution < 1.29 is 13.6 Å². The zero-order chi connectivity index (χ0) is 18.8. The lowest BCUT2D eigenvalue weighted by Gasteiger charge is -2.20. The minimum absolute atomic E-state index is 0.115. The topological polar surface area (TPSA) is 71.3 Å². The summed E-state index contributed by atoms with van der Waals surface area (Å²) in [6.45, 7) is 1.87. The third-order valence-electron chi connectivity index (χ3n) is 4.42. The Morgan fingerprint density at radius 2 is 2.19 bits per heavy atom. The van der Waals surface area contributed by atoms with Gasteiger partial charge in [-0.1, -0.05) is 0 Å². The van der Waals surface area contributed by atoms with Gasteiger partial charge in [0.25, 0.3) is 0 Å². The number of oxazole rings is 1. The molecule has 0 saturated heterocycles. The first-order valence-corrected chi connectivity index (χ1v) is 9.56. The number of benzene rings is 1. The summed E-state index contributed by atoms with van der Waals surface area (Å²) in [4.78, 5) is 24.4. The predicted molar refractivity (Wildman–Crippen MR) is 101 cm³/mol. The van der Waals surface area contributed by atoms with E-state index in [0.29, 0.717) is 23.2 Å². The number of thiazole rings is 1. The summed E-state index contributed by atoms with van der Waals surface area (Å²) in [5.41, 5.74) is 1.84. The molecular formula is C19H19FN4O2S. The van der Waals surface area contributed by atoms with Crippen molar-refractivity contribution in [2.24, 2.45) is 0 Å². The van der Waals surface area contributed by atoms with Crippen molar-refractivity contribution in [2.75, 3.05) is 18.9 Å². The number of nitrogens with one attached hydrogen (secondary N) is 1. The maximum atomic E-state index is 13.0.